The van der Waals surface area contributed by atoms with Crippen LogP contribution in [0, 0.1) is 28.6 Å². The van der Waals surface area contributed by atoms with Crippen LogP contribution in [0.15, 0.2) is 28.7 Å². The number of ketones is 3. The molecule has 0 amide bonds. The number of hydrogen-bond donors (Lipinski definition) is 4. The third-order valence-electron chi connectivity index (χ3n) is 9.55. The highest BCUT2D eigenvalue weighted by Crippen LogP contribution is 2.65. The number of benzene rings is 1. The van der Waals surface area contributed by atoms with Crippen LogP contribution < -0.4 is 0 Å². The van der Waals surface area contributed by atoms with E-state index in [0.717, 1.165) is 18.9 Å². The quantitative estimate of drug-likeness (QED) is 0.352. The van der Waals surface area contributed by atoms with E-state index >= 15 is 0 Å². The molecule has 1 unspecified atom stereocenters. The van der Waals surface area contributed by atoms with Crippen LogP contribution in [-0.4, -0.2) is 43.4 Å². The zero-order valence-corrected chi connectivity index (χ0v) is 24.4. The second-order valence-electron chi connectivity index (χ2n) is 13.1. The second-order valence-corrected chi connectivity index (χ2v) is 13.1. The number of phenolic OH excluding ortho intramolecular Hbond substituents is 1. The lowest BCUT2D eigenvalue weighted by molar-refractivity contribution is -0.171. The predicted molar refractivity (Wildman–Crippen MR) is 148 cm³/mol. The maximum absolute atomic E-state index is 14.2. The van der Waals surface area contributed by atoms with Gasteiger partial charge in [-0.2, -0.15) is 0 Å². The number of carbonyl (C=O) groups is 3. The first kappa shape index (κ1) is 29.1. The van der Waals surface area contributed by atoms with Gasteiger partial charge in [-0.05, 0) is 67.6 Å². The van der Waals surface area contributed by atoms with Crippen LogP contribution in [0.25, 0.3) is 0 Å². The van der Waals surface area contributed by atoms with Gasteiger partial charge in [-0.1, -0.05) is 54.5 Å². The summed E-state index contributed by atoms with van der Waals surface area (Å²) in [5.74, 6) is -4.42. The number of aryl methyl sites for hydroxylation is 2. The maximum atomic E-state index is 14.2. The first-order valence-corrected chi connectivity index (χ1v) is 14.0. The molecule has 7 heteroatoms. The normalized spacial score (nSPS) is 30.6. The lowest BCUT2D eigenvalue weighted by Gasteiger charge is -2.59. The molecule has 4 rings (SSSR count). The molecule has 0 heterocycles. The number of fused-ring (bicyclic) bond motifs is 3. The molecule has 0 bridgehead atoms. The first-order valence-electron chi connectivity index (χ1n) is 14.0. The smallest absolute Gasteiger partial charge is 0.209 e. The van der Waals surface area contributed by atoms with E-state index in [4.69, 9.17) is 0 Å². The minimum absolute atomic E-state index is 0.101. The van der Waals surface area contributed by atoms with Gasteiger partial charge in [-0.25, -0.2) is 0 Å². The molecule has 0 radical (unpaired) electrons. The molecular formula is C32H42O7. The predicted octanol–water partition coefficient (Wildman–Crippen LogP) is 5.50. The average molecular weight is 539 g/mol. The van der Waals surface area contributed by atoms with E-state index in [2.05, 4.69) is 13.8 Å². The molecule has 3 aliphatic carbocycles. The van der Waals surface area contributed by atoms with Crippen LogP contribution in [0.5, 0.6) is 5.75 Å². The molecule has 1 aromatic carbocycles. The van der Waals surface area contributed by atoms with Crippen LogP contribution in [-0.2, 0) is 28.9 Å². The Labute approximate surface area is 230 Å². The molecule has 4 atom stereocenters. The van der Waals surface area contributed by atoms with Crippen LogP contribution in [0.1, 0.15) is 95.3 Å². The van der Waals surface area contributed by atoms with Gasteiger partial charge in [-0.15, -0.1) is 0 Å². The van der Waals surface area contributed by atoms with E-state index in [9.17, 15) is 34.8 Å². The van der Waals surface area contributed by atoms with Crippen molar-refractivity contribution in [1.29, 1.82) is 0 Å². The Balaban J connectivity index is 2.03. The van der Waals surface area contributed by atoms with Crippen molar-refractivity contribution in [2.24, 2.45) is 28.6 Å². The highest BCUT2D eigenvalue weighted by atomic mass is 16.3. The van der Waals surface area contributed by atoms with E-state index < -0.39 is 51.0 Å². The summed E-state index contributed by atoms with van der Waals surface area (Å²) in [6.45, 7) is 14.4. The molecule has 212 valence electrons. The second kappa shape index (κ2) is 9.33. The number of rotatable bonds is 6. The zero-order chi connectivity index (χ0) is 29.4. The summed E-state index contributed by atoms with van der Waals surface area (Å²) in [5.41, 5.74) is -3.19. The van der Waals surface area contributed by atoms with Gasteiger partial charge in [0.2, 0.25) is 5.78 Å². The molecule has 0 spiro atoms. The number of hydrogen-bond acceptors (Lipinski definition) is 7. The van der Waals surface area contributed by atoms with Gasteiger partial charge in [-0.3, -0.25) is 14.4 Å². The van der Waals surface area contributed by atoms with Gasteiger partial charge in [0, 0.05) is 22.3 Å². The van der Waals surface area contributed by atoms with Crippen LogP contribution in [0.4, 0.5) is 0 Å². The molecule has 0 aliphatic heterocycles. The van der Waals surface area contributed by atoms with Gasteiger partial charge in [0.05, 0.1) is 5.56 Å². The molecule has 0 fully saturated rings. The Hall–Kier alpha value is -2.93. The number of aromatic hydroxyl groups is 1. The van der Waals surface area contributed by atoms with E-state index in [-0.39, 0.29) is 35.0 Å². The molecule has 39 heavy (non-hydrogen) atoms. The van der Waals surface area contributed by atoms with Crippen molar-refractivity contribution >= 4 is 17.3 Å². The molecule has 1 aromatic rings. The van der Waals surface area contributed by atoms with Crippen LogP contribution in [0.3, 0.4) is 0 Å². The van der Waals surface area contributed by atoms with Crippen molar-refractivity contribution in [2.45, 2.75) is 93.1 Å². The Morgan fingerprint density at radius 1 is 1.08 bits per heavy atom. The number of aliphatic hydroxyl groups is 3. The molecule has 0 saturated carbocycles. The molecular weight excluding hydrogens is 496 g/mol. The largest absolute Gasteiger partial charge is 0.511 e. The van der Waals surface area contributed by atoms with Crippen molar-refractivity contribution in [1.82, 2.24) is 0 Å². The van der Waals surface area contributed by atoms with E-state index in [1.807, 2.05) is 33.8 Å². The topological polar surface area (TPSA) is 132 Å². The van der Waals surface area contributed by atoms with Crippen molar-refractivity contribution in [3.8, 4) is 5.75 Å². The third-order valence-corrected chi connectivity index (χ3v) is 9.55. The van der Waals surface area contributed by atoms with Crippen molar-refractivity contribution in [2.75, 3.05) is 0 Å². The lowest BCUT2D eigenvalue weighted by Crippen LogP contribution is -2.67. The van der Waals surface area contributed by atoms with E-state index in [1.165, 1.54) is 0 Å². The van der Waals surface area contributed by atoms with Crippen molar-refractivity contribution in [3.63, 3.8) is 0 Å². The monoisotopic (exact) mass is 538 g/mol. The summed E-state index contributed by atoms with van der Waals surface area (Å²) in [7, 11) is 0. The van der Waals surface area contributed by atoms with Crippen molar-refractivity contribution in [3.05, 3.63) is 51.0 Å². The van der Waals surface area contributed by atoms with Crippen molar-refractivity contribution < 1.29 is 34.8 Å². The highest BCUT2D eigenvalue weighted by molar-refractivity contribution is 6.25. The molecule has 0 aromatic heterocycles. The summed E-state index contributed by atoms with van der Waals surface area (Å²) in [6.07, 6.45) is 2.46. The Bertz CT molecular complexity index is 1350. The number of Topliss-reactive ketones (excluding diaryl/α,β-unsaturated/α-hetero) is 3. The minimum Gasteiger partial charge on any atom is -0.511 e. The number of aliphatic hydroxyl groups excluding tert-OH is 2. The number of carbonyl (C=O) groups excluding carboxylic acids is 3. The summed E-state index contributed by atoms with van der Waals surface area (Å²) >= 11 is 0. The maximum Gasteiger partial charge on any atom is 0.209 e. The lowest BCUT2D eigenvalue weighted by atomic mass is 9.44. The minimum atomic E-state index is -2.59. The summed E-state index contributed by atoms with van der Waals surface area (Å²) in [5, 5.41) is 46.5. The Morgan fingerprint density at radius 2 is 1.69 bits per heavy atom. The summed E-state index contributed by atoms with van der Waals surface area (Å²) in [4.78, 5) is 40.5. The zero-order valence-electron chi connectivity index (χ0n) is 24.4. The van der Waals surface area contributed by atoms with Gasteiger partial charge in [0.25, 0.3) is 0 Å². The summed E-state index contributed by atoms with van der Waals surface area (Å²) < 4.78 is 0. The SMILES string of the molecule is CCc1cc(CCC(C)C)c(O)c2c1C[C@]1(C)C[C@]3(C)C(C(C)C)C(O)=C(C(C)=O)C(=O)[C@]3(O)C(O)=C1C2=O. The standard InChI is InChI=1S/C32H42O7/c1-9-18-12-19(11-10-15(2)3)25(34)22-20(18)13-30(7)14-31(8)23(16(4)5)26(35)21(17(6)33)28(37)32(31,39)29(38)24(30)27(22)36/h12,15-16,23,34-35,38-39H,9-11,13-14H2,1-8H3/t23?,30-,31-,32+/m1/s1. The van der Waals surface area contributed by atoms with Gasteiger partial charge < -0.3 is 20.4 Å². The van der Waals surface area contributed by atoms with Crippen LogP contribution >= 0.6 is 0 Å². The Kier molecular flexibility index (Phi) is 6.95. The van der Waals surface area contributed by atoms with Gasteiger partial charge in [0.1, 0.15) is 22.8 Å². The molecule has 4 N–H and O–H groups in total. The summed E-state index contributed by atoms with van der Waals surface area (Å²) in [6, 6.07) is 1.97. The fraction of sp³-hybridized carbons (Fsp3) is 0.594. The average Bonchev–Trinajstić information content (AvgIpc) is 2.80. The van der Waals surface area contributed by atoms with Gasteiger partial charge in [0.15, 0.2) is 17.2 Å². The number of phenols is 1. The van der Waals surface area contributed by atoms with Gasteiger partial charge >= 0.3 is 0 Å². The fourth-order valence-electron chi connectivity index (χ4n) is 7.89. The molecule has 3 aliphatic rings. The third kappa shape index (κ3) is 3.83. The fourth-order valence-corrected chi connectivity index (χ4v) is 7.89. The van der Waals surface area contributed by atoms with E-state index in [1.54, 1.807) is 6.92 Å². The first-order chi connectivity index (χ1) is 18.0. The molecule has 7 nitrogen and oxygen atoms in total. The van der Waals surface area contributed by atoms with Crippen LogP contribution in [0.2, 0.25) is 0 Å². The Morgan fingerprint density at radius 3 is 2.21 bits per heavy atom. The number of allylic oxidation sites excluding steroid dienone is 2. The molecule has 0 saturated heterocycles. The highest BCUT2D eigenvalue weighted by Gasteiger charge is 2.71. The van der Waals surface area contributed by atoms with E-state index in [0.29, 0.717) is 36.3 Å².